The van der Waals surface area contributed by atoms with Gasteiger partial charge in [0.05, 0.1) is 12.3 Å². The van der Waals surface area contributed by atoms with Crippen molar-refractivity contribution in [2.24, 2.45) is 7.05 Å². The summed E-state index contributed by atoms with van der Waals surface area (Å²) in [4.78, 5) is 39.6. The van der Waals surface area contributed by atoms with Crippen LogP contribution in [-0.4, -0.2) is 44.9 Å². The Hall–Kier alpha value is -2.94. The fourth-order valence-electron chi connectivity index (χ4n) is 4.94. The van der Waals surface area contributed by atoms with E-state index in [0.29, 0.717) is 13.2 Å². The van der Waals surface area contributed by atoms with Crippen LogP contribution in [0.1, 0.15) is 89.8 Å². The van der Waals surface area contributed by atoms with Crippen LogP contribution in [0.2, 0.25) is 0 Å². The lowest BCUT2D eigenvalue weighted by Gasteiger charge is -2.21. The van der Waals surface area contributed by atoms with Crippen molar-refractivity contribution >= 4 is 11.8 Å². The van der Waals surface area contributed by atoms with Gasteiger partial charge >= 0.3 is 0 Å². The second-order valence-corrected chi connectivity index (χ2v) is 9.82. The van der Waals surface area contributed by atoms with Gasteiger partial charge in [-0.25, -0.2) is 0 Å². The van der Waals surface area contributed by atoms with Gasteiger partial charge in [0.1, 0.15) is 11.1 Å². The molecule has 2 N–H and O–H groups in total. The molecule has 9 nitrogen and oxygen atoms in total. The first-order valence-electron chi connectivity index (χ1n) is 12.8. The Morgan fingerprint density at radius 2 is 1.71 bits per heavy atom. The van der Waals surface area contributed by atoms with Crippen molar-refractivity contribution in [2.75, 3.05) is 6.61 Å². The van der Waals surface area contributed by atoms with E-state index < -0.39 is 17.2 Å². The predicted octanol–water partition coefficient (Wildman–Crippen LogP) is 2.84. The summed E-state index contributed by atoms with van der Waals surface area (Å²) in [6.07, 6.45) is 14.3. The average molecular weight is 484 g/mol. The monoisotopic (exact) mass is 483 g/mol. The number of rotatable bonds is 7. The van der Waals surface area contributed by atoms with E-state index >= 15 is 0 Å². The van der Waals surface area contributed by atoms with Gasteiger partial charge in [0, 0.05) is 56.4 Å². The van der Waals surface area contributed by atoms with Gasteiger partial charge in [-0.15, -0.1) is 0 Å². The van der Waals surface area contributed by atoms with Gasteiger partial charge in [0.25, 0.3) is 11.8 Å². The van der Waals surface area contributed by atoms with E-state index in [-0.39, 0.29) is 29.8 Å². The van der Waals surface area contributed by atoms with Crippen LogP contribution in [0, 0.1) is 6.92 Å². The highest BCUT2D eigenvalue weighted by molar-refractivity contribution is 5.99. The van der Waals surface area contributed by atoms with Crippen LogP contribution in [-0.2, 0) is 24.9 Å². The van der Waals surface area contributed by atoms with Crippen LogP contribution in [0.4, 0.5) is 0 Å². The fraction of sp³-hybridized carbons (Fsp3) is 0.615. The van der Waals surface area contributed by atoms with Crippen molar-refractivity contribution in [3.05, 3.63) is 51.2 Å². The molecule has 190 valence electrons. The Bertz CT molecular complexity index is 1090. The van der Waals surface area contributed by atoms with Crippen molar-refractivity contribution in [2.45, 2.75) is 89.9 Å². The zero-order valence-electron chi connectivity index (χ0n) is 20.8. The smallest absolute Gasteiger partial charge is 0.257 e. The third kappa shape index (κ3) is 6.39. The van der Waals surface area contributed by atoms with Gasteiger partial charge in [-0.3, -0.25) is 19.1 Å². The van der Waals surface area contributed by atoms with Crippen molar-refractivity contribution in [3.8, 4) is 0 Å². The minimum atomic E-state index is -0.544. The summed E-state index contributed by atoms with van der Waals surface area (Å²) < 4.78 is 9.24. The fourth-order valence-corrected chi connectivity index (χ4v) is 4.94. The number of ether oxygens (including phenoxy) is 1. The molecule has 2 aromatic heterocycles. The lowest BCUT2D eigenvalue weighted by molar-refractivity contribution is 0.0914. The number of hydrogen-bond acceptors (Lipinski definition) is 5. The molecule has 9 heteroatoms. The highest BCUT2D eigenvalue weighted by Crippen LogP contribution is 2.18. The minimum absolute atomic E-state index is 0.00738. The van der Waals surface area contributed by atoms with Crippen LogP contribution >= 0.6 is 0 Å². The number of aryl methyl sites for hydroxylation is 1. The first-order chi connectivity index (χ1) is 16.9. The minimum Gasteiger partial charge on any atom is -0.376 e. The average Bonchev–Trinajstić information content (AvgIpc) is 3.44. The molecule has 2 aromatic rings. The van der Waals surface area contributed by atoms with E-state index in [9.17, 15) is 14.4 Å². The lowest BCUT2D eigenvalue weighted by Crippen LogP contribution is -2.40. The number of carbonyl (C=O) groups excluding carboxylic acids is 2. The highest BCUT2D eigenvalue weighted by Gasteiger charge is 2.24. The summed E-state index contributed by atoms with van der Waals surface area (Å²) in [6.45, 7) is 3.37. The molecular formula is C26H37N5O4. The standard InChI is InChI=1S/C26H37N5O4/c1-18-19(14-28-30(18)2)13-27-25(33)22-16-31(15-21-11-8-12-35-21)17-23(24(22)32)26(34)29-20-9-6-4-3-5-7-10-20/h14,16-17,20-21H,3-13,15H2,1-2H3,(H,27,33)(H,29,34). The van der Waals surface area contributed by atoms with Gasteiger partial charge in [-0.2, -0.15) is 5.10 Å². The molecule has 1 saturated carbocycles. The molecule has 0 radical (unpaired) electrons. The first-order valence-corrected chi connectivity index (χ1v) is 12.8. The Morgan fingerprint density at radius 3 is 2.34 bits per heavy atom. The zero-order valence-corrected chi connectivity index (χ0v) is 20.8. The van der Waals surface area contributed by atoms with E-state index in [1.165, 1.54) is 19.3 Å². The maximum absolute atomic E-state index is 13.3. The Kier molecular flexibility index (Phi) is 8.38. The Morgan fingerprint density at radius 1 is 1.03 bits per heavy atom. The summed E-state index contributed by atoms with van der Waals surface area (Å²) in [5.41, 5.74) is 1.24. The lowest BCUT2D eigenvalue weighted by atomic mass is 9.96. The molecule has 1 aliphatic heterocycles. The van der Waals surface area contributed by atoms with E-state index in [2.05, 4.69) is 15.7 Å². The summed E-state index contributed by atoms with van der Waals surface area (Å²) in [7, 11) is 1.84. The molecule has 1 saturated heterocycles. The van der Waals surface area contributed by atoms with Gasteiger partial charge in [-0.1, -0.05) is 32.1 Å². The third-order valence-corrected chi connectivity index (χ3v) is 7.22. The van der Waals surface area contributed by atoms with E-state index in [4.69, 9.17) is 4.74 Å². The molecule has 3 heterocycles. The number of carbonyl (C=O) groups is 2. The third-order valence-electron chi connectivity index (χ3n) is 7.22. The van der Waals surface area contributed by atoms with Gasteiger partial charge in [0.15, 0.2) is 0 Å². The molecule has 4 rings (SSSR count). The molecule has 35 heavy (non-hydrogen) atoms. The number of nitrogens with one attached hydrogen (secondary N) is 2. The maximum Gasteiger partial charge on any atom is 0.257 e. The molecule has 0 bridgehead atoms. The van der Waals surface area contributed by atoms with Crippen molar-refractivity contribution < 1.29 is 14.3 Å². The Labute approximate surface area is 206 Å². The van der Waals surface area contributed by atoms with Crippen LogP contribution < -0.4 is 16.1 Å². The molecule has 1 aliphatic carbocycles. The van der Waals surface area contributed by atoms with Crippen LogP contribution in [0.5, 0.6) is 0 Å². The van der Waals surface area contributed by atoms with Crippen molar-refractivity contribution in [3.63, 3.8) is 0 Å². The van der Waals surface area contributed by atoms with Crippen LogP contribution in [0.25, 0.3) is 0 Å². The number of amides is 2. The van der Waals surface area contributed by atoms with Crippen LogP contribution in [0.3, 0.4) is 0 Å². The molecule has 1 unspecified atom stereocenters. The highest BCUT2D eigenvalue weighted by atomic mass is 16.5. The topological polar surface area (TPSA) is 107 Å². The van der Waals surface area contributed by atoms with E-state index in [1.807, 2.05) is 14.0 Å². The summed E-state index contributed by atoms with van der Waals surface area (Å²) in [6, 6.07) is 0.0554. The number of nitrogens with zero attached hydrogens (tertiary/aromatic N) is 3. The van der Waals surface area contributed by atoms with Gasteiger partial charge in [0.2, 0.25) is 5.43 Å². The summed E-state index contributed by atoms with van der Waals surface area (Å²) in [5, 5.41) is 10.1. The van der Waals surface area contributed by atoms with Crippen molar-refractivity contribution in [1.82, 2.24) is 25.0 Å². The van der Waals surface area contributed by atoms with Crippen molar-refractivity contribution in [1.29, 1.82) is 0 Å². The molecule has 2 aliphatic rings. The number of pyridine rings is 1. The van der Waals surface area contributed by atoms with Gasteiger partial charge in [-0.05, 0) is 32.6 Å². The van der Waals surface area contributed by atoms with Crippen LogP contribution in [0.15, 0.2) is 23.4 Å². The summed E-state index contributed by atoms with van der Waals surface area (Å²) >= 11 is 0. The molecule has 2 fully saturated rings. The largest absolute Gasteiger partial charge is 0.376 e. The second kappa shape index (κ2) is 11.7. The number of hydrogen-bond donors (Lipinski definition) is 2. The SMILES string of the molecule is Cc1c(CNC(=O)c2cn(CC3CCCO3)cc(C(=O)NC3CCCCCCC3)c2=O)cnn1C. The second-order valence-electron chi connectivity index (χ2n) is 9.82. The van der Waals surface area contributed by atoms with E-state index in [1.54, 1.807) is 27.8 Å². The number of aromatic nitrogens is 3. The quantitative estimate of drug-likeness (QED) is 0.630. The predicted molar refractivity (Wildman–Crippen MR) is 132 cm³/mol. The summed E-state index contributed by atoms with van der Waals surface area (Å²) in [5.74, 6) is -0.903. The molecule has 1 atom stereocenters. The van der Waals surface area contributed by atoms with Gasteiger partial charge < -0.3 is 19.9 Å². The normalized spacial score (nSPS) is 19.2. The molecular weight excluding hydrogens is 446 g/mol. The van der Waals surface area contributed by atoms with E-state index in [0.717, 1.165) is 49.8 Å². The Balaban J connectivity index is 1.56. The maximum atomic E-state index is 13.3. The molecule has 2 amide bonds. The first kappa shape index (κ1) is 25.2. The zero-order chi connectivity index (χ0) is 24.8. The molecule has 0 spiro atoms. The molecule has 0 aromatic carbocycles.